The third kappa shape index (κ3) is 4.69. The molecule has 0 aliphatic carbocycles. The molecule has 3 rings (SSSR count). The summed E-state index contributed by atoms with van der Waals surface area (Å²) >= 11 is 0. The van der Waals surface area contributed by atoms with Crippen LogP contribution in [0.1, 0.15) is 26.3 Å². The number of aromatic hydroxyl groups is 2. The van der Waals surface area contributed by atoms with Gasteiger partial charge in [-0.05, 0) is 55.0 Å². The van der Waals surface area contributed by atoms with E-state index in [1.54, 1.807) is 36.4 Å². The molecule has 8 heteroatoms. The molecule has 0 atom stereocenters. The molecule has 3 aromatic carbocycles. The number of carbonyl (C=O) groups excluding carboxylic acids is 2. The van der Waals surface area contributed by atoms with Gasteiger partial charge in [0.05, 0.1) is 19.8 Å². The van der Waals surface area contributed by atoms with Gasteiger partial charge in [-0.1, -0.05) is 12.1 Å². The fourth-order valence-corrected chi connectivity index (χ4v) is 2.92. The lowest BCUT2D eigenvalue weighted by atomic mass is 10.1. The van der Waals surface area contributed by atoms with Crippen LogP contribution >= 0.6 is 0 Å². The van der Waals surface area contributed by atoms with Gasteiger partial charge in [0.1, 0.15) is 0 Å². The van der Waals surface area contributed by atoms with Gasteiger partial charge in [0.15, 0.2) is 23.0 Å². The number of phenols is 2. The predicted octanol–water partition coefficient (Wildman–Crippen LogP) is 3.93. The molecule has 2 amide bonds. The van der Waals surface area contributed by atoms with E-state index < -0.39 is 11.7 Å². The van der Waals surface area contributed by atoms with Gasteiger partial charge < -0.3 is 30.3 Å². The van der Waals surface area contributed by atoms with Gasteiger partial charge >= 0.3 is 0 Å². The minimum atomic E-state index is -0.602. The summed E-state index contributed by atoms with van der Waals surface area (Å²) in [5, 5.41) is 24.9. The Morgan fingerprint density at radius 2 is 1.58 bits per heavy atom. The van der Waals surface area contributed by atoms with E-state index in [1.165, 1.54) is 32.4 Å². The van der Waals surface area contributed by atoms with E-state index in [2.05, 4.69) is 10.6 Å². The standard InChI is InChI=1S/C23H22N2O6/c1-13-7-9-15(24-23(29)16-5-4-6-18(26)21(16)27)12-17(13)25-22(28)14-8-10-19(30-2)20(11-14)31-3/h4-12,26-27H,1-3H3,(H,24,29)(H,25,28). The average Bonchev–Trinajstić information content (AvgIpc) is 2.77. The van der Waals surface area contributed by atoms with Crippen LogP contribution in [0.4, 0.5) is 11.4 Å². The van der Waals surface area contributed by atoms with E-state index in [-0.39, 0.29) is 17.2 Å². The Morgan fingerprint density at radius 1 is 0.839 bits per heavy atom. The Kier molecular flexibility index (Phi) is 6.30. The van der Waals surface area contributed by atoms with Gasteiger partial charge in [0, 0.05) is 16.9 Å². The van der Waals surface area contributed by atoms with Crippen molar-refractivity contribution in [3.63, 3.8) is 0 Å². The summed E-state index contributed by atoms with van der Waals surface area (Å²) < 4.78 is 10.4. The monoisotopic (exact) mass is 422 g/mol. The van der Waals surface area contributed by atoms with Crippen molar-refractivity contribution in [1.29, 1.82) is 0 Å². The molecule has 0 aliphatic heterocycles. The molecular weight excluding hydrogens is 400 g/mol. The Morgan fingerprint density at radius 3 is 2.29 bits per heavy atom. The summed E-state index contributed by atoms with van der Waals surface area (Å²) in [6.45, 7) is 1.82. The Bertz CT molecular complexity index is 1140. The van der Waals surface area contributed by atoms with Crippen molar-refractivity contribution in [1.82, 2.24) is 0 Å². The Labute approximate surface area is 179 Å². The fourth-order valence-electron chi connectivity index (χ4n) is 2.92. The zero-order valence-corrected chi connectivity index (χ0v) is 17.2. The van der Waals surface area contributed by atoms with Crippen LogP contribution in [0, 0.1) is 6.92 Å². The summed E-state index contributed by atoms with van der Waals surface area (Å²) in [5.74, 6) is -0.921. The molecule has 160 valence electrons. The van der Waals surface area contributed by atoms with Gasteiger partial charge in [-0.3, -0.25) is 9.59 Å². The normalized spacial score (nSPS) is 10.3. The van der Waals surface area contributed by atoms with Crippen molar-refractivity contribution in [3.05, 3.63) is 71.3 Å². The van der Waals surface area contributed by atoms with Gasteiger partial charge in [-0.2, -0.15) is 0 Å². The number of phenolic OH excluding ortho intramolecular Hbond substituents is 2. The first kappa shape index (κ1) is 21.5. The SMILES string of the molecule is COc1ccc(C(=O)Nc2cc(NC(=O)c3cccc(O)c3O)ccc2C)cc1OC. The molecule has 0 saturated heterocycles. The number of hydrogen-bond donors (Lipinski definition) is 4. The summed E-state index contributed by atoms with van der Waals surface area (Å²) in [4.78, 5) is 25.2. The van der Waals surface area contributed by atoms with Crippen molar-refractivity contribution in [2.45, 2.75) is 6.92 Å². The topological polar surface area (TPSA) is 117 Å². The van der Waals surface area contributed by atoms with E-state index >= 15 is 0 Å². The zero-order valence-electron chi connectivity index (χ0n) is 17.2. The Balaban J connectivity index is 1.80. The highest BCUT2D eigenvalue weighted by atomic mass is 16.5. The third-order valence-corrected chi connectivity index (χ3v) is 4.65. The zero-order chi connectivity index (χ0) is 22.5. The van der Waals surface area contributed by atoms with Gasteiger partial charge in [-0.25, -0.2) is 0 Å². The number of rotatable bonds is 6. The van der Waals surface area contributed by atoms with Gasteiger partial charge in [0.2, 0.25) is 0 Å². The number of amides is 2. The van der Waals surface area contributed by atoms with E-state index in [0.29, 0.717) is 28.4 Å². The molecule has 3 aromatic rings. The van der Waals surface area contributed by atoms with Crippen LogP contribution < -0.4 is 20.1 Å². The number of methoxy groups -OCH3 is 2. The summed E-state index contributed by atoms with van der Waals surface area (Å²) in [7, 11) is 3.00. The van der Waals surface area contributed by atoms with Crippen LogP contribution in [0.25, 0.3) is 0 Å². The molecule has 0 saturated carbocycles. The number of carbonyl (C=O) groups is 2. The third-order valence-electron chi connectivity index (χ3n) is 4.65. The number of aryl methyl sites for hydroxylation is 1. The van der Waals surface area contributed by atoms with Crippen molar-refractivity contribution in [2.24, 2.45) is 0 Å². The van der Waals surface area contributed by atoms with E-state index in [1.807, 2.05) is 6.92 Å². The maximum absolute atomic E-state index is 12.7. The fraction of sp³-hybridized carbons (Fsp3) is 0.130. The molecule has 8 nitrogen and oxygen atoms in total. The molecule has 0 spiro atoms. The molecule has 0 fully saturated rings. The highest BCUT2D eigenvalue weighted by molar-refractivity contribution is 6.08. The van der Waals surface area contributed by atoms with Crippen LogP contribution in [0.15, 0.2) is 54.6 Å². The largest absolute Gasteiger partial charge is 0.504 e. The quantitative estimate of drug-likeness (QED) is 0.447. The second kappa shape index (κ2) is 9.08. The molecule has 0 heterocycles. The summed E-state index contributed by atoms with van der Waals surface area (Å²) in [6, 6.07) is 13.9. The average molecular weight is 422 g/mol. The minimum Gasteiger partial charge on any atom is -0.504 e. The van der Waals surface area contributed by atoms with Crippen LogP contribution in [0.3, 0.4) is 0 Å². The van der Waals surface area contributed by atoms with E-state index in [4.69, 9.17) is 9.47 Å². The molecule has 0 aromatic heterocycles. The number of hydrogen-bond acceptors (Lipinski definition) is 6. The minimum absolute atomic E-state index is 0.0727. The first-order valence-electron chi connectivity index (χ1n) is 9.30. The molecule has 0 aliphatic rings. The maximum atomic E-state index is 12.7. The highest BCUT2D eigenvalue weighted by Gasteiger charge is 2.16. The first-order valence-corrected chi connectivity index (χ1v) is 9.30. The van der Waals surface area contributed by atoms with E-state index in [9.17, 15) is 19.8 Å². The van der Waals surface area contributed by atoms with Crippen LogP contribution in [0.2, 0.25) is 0 Å². The van der Waals surface area contributed by atoms with Crippen molar-refractivity contribution >= 4 is 23.2 Å². The summed E-state index contributed by atoms with van der Waals surface area (Å²) in [6.07, 6.45) is 0. The molecule has 31 heavy (non-hydrogen) atoms. The number of nitrogens with one attached hydrogen (secondary N) is 2. The number of anilines is 2. The number of ether oxygens (including phenoxy) is 2. The smallest absolute Gasteiger partial charge is 0.259 e. The second-order valence-corrected chi connectivity index (χ2v) is 6.68. The number of benzene rings is 3. The molecule has 0 unspecified atom stereocenters. The number of para-hydroxylation sites is 1. The van der Waals surface area contributed by atoms with E-state index in [0.717, 1.165) is 5.56 Å². The predicted molar refractivity (Wildman–Crippen MR) is 116 cm³/mol. The van der Waals surface area contributed by atoms with Crippen LogP contribution in [-0.4, -0.2) is 36.2 Å². The second-order valence-electron chi connectivity index (χ2n) is 6.68. The van der Waals surface area contributed by atoms with Gasteiger partial charge in [-0.15, -0.1) is 0 Å². The van der Waals surface area contributed by atoms with Crippen LogP contribution in [-0.2, 0) is 0 Å². The highest BCUT2D eigenvalue weighted by Crippen LogP contribution is 2.30. The molecule has 4 N–H and O–H groups in total. The molecule has 0 radical (unpaired) electrons. The maximum Gasteiger partial charge on any atom is 0.259 e. The molecular formula is C23H22N2O6. The van der Waals surface area contributed by atoms with Gasteiger partial charge in [0.25, 0.3) is 11.8 Å². The molecule has 0 bridgehead atoms. The van der Waals surface area contributed by atoms with Crippen molar-refractivity contribution in [2.75, 3.05) is 24.9 Å². The Hall–Kier alpha value is -4.20. The van der Waals surface area contributed by atoms with Crippen molar-refractivity contribution in [3.8, 4) is 23.0 Å². The lowest BCUT2D eigenvalue weighted by Gasteiger charge is -2.13. The first-order chi connectivity index (χ1) is 14.8. The summed E-state index contributed by atoms with van der Waals surface area (Å²) in [5.41, 5.74) is 1.98. The van der Waals surface area contributed by atoms with Crippen molar-refractivity contribution < 1.29 is 29.3 Å². The lowest BCUT2D eigenvalue weighted by molar-refractivity contribution is 0.101. The lowest BCUT2D eigenvalue weighted by Crippen LogP contribution is -2.15. The van der Waals surface area contributed by atoms with Crippen LogP contribution in [0.5, 0.6) is 23.0 Å².